The van der Waals surface area contributed by atoms with Gasteiger partial charge >= 0.3 is 5.97 Å². The summed E-state index contributed by atoms with van der Waals surface area (Å²) in [6.07, 6.45) is 2.09. The predicted molar refractivity (Wildman–Crippen MR) is 146 cm³/mol. The number of aliphatic hydroxyl groups is 2. The van der Waals surface area contributed by atoms with E-state index in [4.69, 9.17) is 15.2 Å². The molecule has 0 aliphatic heterocycles. The molecule has 11 heteroatoms. The Hall–Kier alpha value is -3.70. The number of benzene rings is 1. The molecule has 0 saturated carbocycles. The fraction of sp³-hybridized carbons (Fsp3) is 0.517. The number of primary amides is 1. The molecule has 0 saturated heterocycles. The minimum absolute atomic E-state index is 0.0836. The number of anilines is 1. The van der Waals surface area contributed by atoms with Gasteiger partial charge in [-0.3, -0.25) is 24.1 Å². The van der Waals surface area contributed by atoms with Gasteiger partial charge in [0.15, 0.2) is 11.4 Å². The molecule has 0 bridgehead atoms. The monoisotopic (exact) mass is 555 g/mol. The number of ether oxygens (including phenoxy) is 2. The van der Waals surface area contributed by atoms with E-state index in [1.54, 1.807) is 25.1 Å². The van der Waals surface area contributed by atoms with Crippen molar-refractivity contribution in [3.05, 3.63) is 45.9 Å². The third-order valence-electron chi connectivity index (χ3n) is 8.03. The van der Waals surface area contributed by atoms with Gasteiger partial charge in [0.25, 0.3) is 5.91 Å². The largest absolute Gasteiger partial charge is 0.508 e. The van der Waals surface area contributed by atoms with Gasteiger partial charge in [0, 0.05) is 38.2 Å². The van der Waals surface area contributed by atoms with E-state index in [0.29, 0.717) is 18.8 Å². The van der Waals surface area contributed by atoms with E-state index in [0.717, 1.165) is 31.0 Å². The van der Waals surface area contributed by atoms with Crippen molar-refractivity contribution in [1.29, 1.82) is 0 Å². The van der Waals surface area contributed by atoms with Gasteiger partial charge in [-0.2, -0.15) is 0 Å². The van der Waals surface area contributed by atoms with Crippen molar-refractivity contribution >= 4 is 29.1 Å². The molecule has 216 valence electrons. The Morgan fingerprint density at radius 2 is 1.85 bits per heavy atom. The highest BCUT2D eigenvalue weighted by Gasteiger charge is 2.63. The number of hydrogen-bond donors (Lipinski definition) is 3. The zero-order valence-corrected chi connectivity index (χ0v) is 23.7. The van der Waals surface area contributed by atoms with Crippen LogP contribution < -0.4 is 15.4 Å². The summed E-state index contributed by atoms with van der Waals surface area (Å²) in [7, 11) is 6.99. The molecule has 0 fully saturated rings. The number of carbonyl (C=O) groups excluding carboxylic acids is 4. The molecule has 4 rings (SSSR count). The zero-order chi connectivity index (χ0) is 29.7. The Morgan fingerprint density at radius 3 is 2.40 bits per heavy atom. The quantitative estimate of drug-likeness (QED) is 0.245. The number of ketones is 2. The van der Waals surface area contributed by atoms with Gasteiger partial charge < -0.3 is 30.3 Å². The third-order valence-corrected chi connectivity index (χ3v) is 8.03. The molecule has 4 unspecified atom stereocenters. The van der Waals surface area contributed by atoms with Crippen molar-refractivity contribution in [1.82, 2.24) is 4.90 Å². The molecule has 3 aliphatic rings. The molecule has 4 atom stereocenters. The van der Waals surface area contributed by atoms with Crippen LogP contribution in [0.15, 0.2) is 34.8 Å². The maximum atomic E-state index is 14.1. The molecule has 0 radical (unpaired) electrons. The number of likely N-dealkylation sites (N-methyl/N-ethyl adjacent to an activating group) is 1. The molecule has 1 aromatic carbocycles. The average molecular weight is 556 g/mol. The van der Waals surface area contributed by atoms with Crippen LogP contribution in [0.4, 0.5) is 5.69 Å². The van der Waals surface area contributed by atoms with Crippen LogP contribution in [0.5, 0.6) is 5.75 Å². The van der Waals surface area contributed by atoms with Gasteiger partial charge in [-0.1, -0.05) is 13.3 Å². The third kappa shape index (κ3) is 4.46. The van der Waals surface area contributed by atoms with Gasteiger partial charge in [0.2, 0.25) is 5.78 Å². The minimum atomic E-state index is -2.63. The van der Waals surface area contributed by atoms with Gasteiger partial charge in [0.05, 0.1) is 18.2 Å². The normalized spacial score (nSPS) is 25.9. The molecule has 1 amide bonds. The number of nitrogens with zero attached hydrogens (tertiary/aromatic N) is 2. The van der Waals surface area contributed by atoms with Crippen molar-refractivity contribution in [2.45, 2.75) is 51.2 Å². The fourth-order valence-electron chi connectivity index (χ4n) is 6.33. The summed E-state index contributed by atoms with van der Waals surface area (Å²) in [6, 6.07) is 2.62. The van der Waals surface area contributed by atoms with E-state index in [-0.39, 0.29) is 23.3 Å². The van der Waals surface area contributed by atoms with Gasteiger partial charge in [-0.15, -0.1) is 0 Å². The number of aliphatic hydroxyl groups excluding tert-OH is 1. The second-order valence-electron chi connectivity index (χ2n) is 11.1. The van der Waals surface area contributed by atoms with Crippen LogP contribution >= 0.6 is 0 Å². The topological polar surface area (TPSA) is 160 Å². The number of allylic oxidation sites excluding steroid dienone is 1. The van der Waals surface area contributed by atoms with Gasteiger partial charge in [-0.25, -0.2) is 0 Å². The Balaban J connectivity index is 1.95. The first-order valence-electron chi connectivity index (χ1n) is 13.4. The maximum Gasteiger partial charge on any atom is 0.307 e. The molecule has 0 aromatic heterocycles. The van der Waals surface area contributed by atoms with Crippen molar-refractivity contribution in [3.63, 3.8) is 0 Å². The van der Waals surface area contributed by atoms with Crippen molar-refractivity contribution in [3.8, 4) is 5.75 Å². The fourth-order valence-corrected chi connectivity index (χ4v) is 6.33. The number of rotatable bonds is 8. The lowest BCUT2D eigenvalue weighted by Crippen LogP contribution is -2.64. The van der Waals surface area contributed by atoms with Crippen LogP contribution in [-0.2, 0) is 25.5 Å². The highest BCUT2D eigenvalue weighted by molar-refractivity contribution is 6.25. The minimum Gasteiger partial charge on any atom is -0.508 e. The Bertz CT molecular complexity index is 1340. The van der Waals surface area contributed by atoms with E-state index in [1.807, 2.05) is 32.0 Å². The van der Waals surface area contributed by atoms with Crippen LogP contribution in [0.25, 0.3) is 0 Å². The van der Waals surface area contributed by atoms with E-state index < -0.39 is 58.3 Å². The summed E-state index contributed by atoms with van der Waals surface area (Å²) in [6.45, 7) is 3.54. The summed E-state index contributed by atoms with van der Waals surface area (Å²) >= 11 is 0. The first kappa shape index (κ1) is 29.3. The highest BCUT2D eigenvalue weighted by Crippen LogP contribution is 2.53. The van der Waals surface area contributed by atoms with Crippen LogP contribution in [0.2, 0.25) is 0 Å². The Labute approximate surface area is 233 Å². The molecule has 11 nitrogen and oxygen atoms in total. The van der Waals surface area contributed by atoms with Crippen molar-refractivity contribution in [2.24, 2.45) is 17.6 Å². The van der Waals surface area contributed by atoms with Crippen LogP contribution in [0, 0.1) is 11.8 Å². The summed E-state index contributed by atoms with van der Waals surface area (Å²) in [5.74, 6) is -6.09. The van der Waals surface area contributed by atoms with E-state index in [2.05, 4.69) is 0 Å². The lowest BCUT2D eigenvalue weighted by Gasteiger charge is -2.50. The van der Waals surface area contributed by atoms with Gasteiger partial charge in [-0.05, 0) is 57.0 Å². The summed E-state index contributed by atoms with van der Waals surface area (Å²) in [4.78, 5) is 55.8. The van der Waals surface area contributed by atoms with E-state index in [1.165, 1.54) is 0 Å². The molecule has 0 spiro atoms. The molecular weight excluding hydrogens is 518 g/mol. The Kier molecular flexibility index (Phi) is 7.83. The molecule has 40 heavy (non-hydrogen) atoms. The summed E-state index contributed by atoms with van der Waals surface area (Å²) in [5.41, 5.74) is 3.92. The smallest absolute Gasteiger partial charge is 0.307 e. The number of carbonyl (C=O) groups is 4. The molecule has 3 aliphatic carbocycles. The highest BCUT2D eigenvalue weighted by atomic mass is 16.5. The molecule has 0 heterocycles. The Morgan fingerprint density at radius 1 is 1.18 bits per heavy atom. The zero-order valence-electron chi connectivity index (χ0n) is 23.7. The predicted octanol–water partition coefficient (Wildman–Crippen LogP) is 1.67. The van der Waals surface area contributed by atoms with Crippen molar-refractivity contribution < 1.29 is 38.9 Å². The molecule has 1 aromatic rings. The number of esters is 1. The summed E-state index contributed by atoms with van der Waals surface area (Å²) in [5, 5.41) is 23.6. The van der Waals surface area contributed by atoms with E-state index >= 15 is 0 Å². The van der Waals surface area contributed by atoms with E-state index in [9.17, 15) is 29.4 Å². The second kappa shape index (κ2) is 10.7. The molecular formula is C29H37N3O8. The van der Waals surface area contributed by atoms with Crippen LogP contribution in [-0.4, -0.2) is 85.0 Å². The number of nitrogens with two attached hydrogens (primary N) is 1. The number of fused-ring (bicyclic) bond motifs is 3. The number of unbranched alkanes of at least 4 members (excludes halogenated alkanes) is 1. The first-order valence-corrected chi connectivity index (χ1v) is 13.4. The number of amides is 1. The SMILES string of the molecule is CCCCOc1ccc(N(C)C)c2c1C(=O)C1=C(O)C3(O)C(=O)C(C(N)=O)=C(OC(C)=O)C(N(C)C)C3CC1C2. The standard InChI is InChI=1S/C29H37N3O8/c1-7-8-11-39-19-10-9-18(31(3)4)16-12-15-13-17-23(32(5)6)25(40-14(2)33)22(28(30)37)27(36)29(17,38)26(35)20(15)24(34)21(16)19/h9-10,15,17,23,35,38H,7-8,11-13H2,1-6H3,(H2,30,37). The van der Waals surface area contributed by atoms with Crippen LogP contribution in [0.1, 0.15) is 49.0 Å². The number of Topliss-reactive ketones (excluding diaryl/α,β-unsaturated/α-hetero) is 2. The first-order chi connectivity index (χ1) is 18.8. The second-order valence-corrected chi connectivity index (χ2v) is 11.1. The lowest BCUT2D eigenvalue weighted by molar-refractivity contribution is -0.152. The van der Waals surface area contributed by atoms with Gasteiger partial charge in [0.1, 0.15) is 22.8 Å². The van der Waals surface area contributed by atoms with Crippen LogP contribution in [0.3, 0.4) is 0 Å². The van der Waals surface area contributed by atoms with Crippen molar-refractivity contribution in [2.75, 3.05) is 39.7 Å². The maximum absolute atomic E-state index is 14.1. The summed E-state index contributed by atoms with van der Waals surface area (Å²) < 4.78 is 11.3. The molecule has 4 N–H and O–H groups in total. The lowest BCUT2D eigenvalue weighted by atomic mass is 9.58. The average Bonchev–Trinajstić information content (AvgIpc) is 2.85. The number of hydrogen-bond acceptors (Lipinski definition) is 10.